The molecule has 2 aromatic rings. The molecule has 2 aromatic heterocycles. The Hall–Kier alpha value is -1.23. The number of nitrogens with one attached hydrogen (secondary N) is 1. The molecule has 25 heavy (non-hydrogen) atoms. The molecule has 0 saturated carbocycles. The van der Waals surface area contributed by atoms with Crippen molar-refractivity contribution in [3.05, 3.63) is 26.8 Å². The van der Waals surface area contributed by atoms with Crippen molar-refractivity contribution in [1.29, 1.82) is 0 Å². The van der Waals surface area contributed by atoms with Gasteiger partial charge in [0.1, 0.15) is 20.2 Å². The van der Waals surface area contributed by atoms with Gasteiger partial charge in [-0.2, -0.15) is 0 Å². The molecule has 2 atom stereocenters. The molecule has 3 rings (SSSR count). The van der Waals surface area contributed by atoms with Gasteiger partial charge in [-0.1, -0.05) is 11.6 Å². The summed E-state index contributed by atoms with van der Waals surface area (Å²) in [6.45, 7) is 6.19. The fraction of sp³-hybridized carbons (Fsp3) is 0.429. The maximum atomic E-state index is 5.73. The van der Waals surface area contributed by atoms with Gasteiger partial charge in [0.15, 0.2) is 11.6 Å². The highest BCUT2D eigenvalue weighted by atomic mass is 79.9. The van der Waals surface area contributed by atoms with Crippen molar-refractivity contribution in [1.82, 2.24) is 25.3 Å². The van der Waals surface area contributed by atoms with Gasteiger partial charge in [0.2, 0.25) is 0 Å². The van der Waals surface area contributed by atoms with Crippen molar-refractivity contribution < 1.29 is 0 Å². The highest BCUT2D eigenvalue weighted by molar-refractivity contribution is 9.10. The first-order chi connectivity index (χ1) is 11.8. The number of hydrogen-bond donors (Lipinski definition) is 3. The Balaban J connectivity index is 0.000000212. The van der Waals surface area contributed by atoms with Crippen LogP contribution in [0.15, 0.2) is 21.6 Å². The summed E-state index contributed by atoms with van der Waals surface area (Å²) in [5.41, 5.74) is 11.0. The van der Waals surface area contributed by atoms with Crippen LogP contribution in [0, 0.1) is 0 Å². The van der Waals surface area contributed by atoms with E-state index in [2.05, 4.69) is 75.9 Å². The molecule has 8 nitrogen and oxygen atoms in total. The van der Waals surface area contributed by atoms with E-state index in [9.17, 15) is 0 Å². The lowest BCUT2D eigenvalue weighted by atomic mass is 10.1. The van der Waals surface area contributed by atoms with Gasteiger partial charge in [-0.05, 0) is 45.7 Å². The van der Waals surface area contributed by atoms with Crippen molar-refractivity contribution >= 4 is 60.9 Å². The van der Waals surface area contributed by atoms with Crippen molar-refractivity contribution in [2.75, 3.05) is 29.5 Å². The van der Waals surface area contributed by atoms with Crippen LogP contribution in [0.3, 0.4) is 0 Å². The van der Waals surface area contributed by atoms with Crippen LogP contribution in [0.1, 0.15) is 13.8 Å². The fourth-order valence-electron chi connectivity index (χ4n) is 2.41. The summed E-state index contributed by atoms with van der Waals surface area (Å²) in [6, 6.07) is 0.908. The zero-order valence-electron chi connectivity index (χ0n) is 13.7. The Kier molecular flexibility index (Phi) is 7.17. The number of hydrogen-bond acceptors (Lipinski definition) is 8. The maximum Gasteiger partial charge on any atom is 0.159 e. The lowest BCUT2D eigenvalue weighted by Gasteiger charge is -2.36. The molecule has 1 fully saturated rings. The SMILES string of the molecule is C[C@@H]1CN(c2cnc(Br)c(N)n2)C[C@H](C)N1.Nc1nc(Cl)cnc1Br. The van der Waals surface area contributed by atoms with Crippen molar-refractivity contribution in [2.24, 2.45) is 0 Å². The summed E-state index contributed by atoms with van der Waals surface area (Å²) in [5, 5.41) is 3.78. The first-order valence-corrected chi connectivity index (χ1v) is 9.45. The Morgan fingerprint density at radius 2 is 1.56 bits per heavy atom. The van der Waals surface area contributed by atoms with Crippen LogP contribution >= 0.6 is 43.5 Å². The van der Waals surface area contributed by atoms with Crippen molar-refractivity contribution in [3.63, 3.8) is 0 Å². The molecule has 11 heteroatoms. The lowest BCUT2D eigenvalue weighted by Crippen LogP contribution is -2.54. The van der Waals surface area contributed by atoms with Gasteiger partial charge in [-0.15, -0.1) is 0 Å². The number of nitrogen functional groups attached to an aromatic ring is 2. The maximum absolute atomic E-state index is 5.73. The quantitative estimate of drug-likeness (QED) is 0.553. The van der Waals surface area contributed by atoms with E-state index in [-0.39, 0.29) is 0 Å². The first kappa shape index (κ1) is 20.1. The number of piperazine rings is 1. The molecule has 1 aliphatic rings. The van der Waals surface area contributed by atoms with Crippen LogP contribution in [-0.4, -0.2) is 45.1 Å². The second kappa shape index (κ2) is 8.93. The summed E-state index contributed by atoms with van der Waals surface area (Å²) in [5.74, 6) is 1.60. The van der Waals surface area contributed by atoms with E-state index in [1.165, 1.54) is 6.20 Å². The average Bonchev–Trinajstić information content (AvgIpc) is 2.53. The average molecular weight is 495 g/mol. The second-order valence-corrected chi connectivity index (χ2v) is 7.54. The van der Waals surface area contributed by atoms with E-state index in [0.717, 1.165) is 18.9 Å². The Morgan fingerprint density at radius 1 is 1.04 bits per heavy atom. The summed E-state index contributed by atoms with van der Waals surface area (Å²) in [7, 11) is 0. The monoisotopic (exact) mass is 492 g/mol. The molecule has 3 heterocycles. The van der Waals surface area contributed by atoms with Crippen LogP contribution in [0.4, 0.5) is 17.5 Å². The molecular formula is C14H19Br2ClN8. The molecule has 0 spiro atoms. The largest absolute Gasteiger partial charge is 0.381 e. The summed E-state index contributed by atoms with van der Waals surface area (Å²) in [6.07, 6.45) is 3.17. The number of nitrogens with zero attached hydrogens (tertiary/aromatic N) is 5. The molecular weight excluding hydrogens is 475 g/mol. The Morgan fingerprint density at radius 3 is 2.04 bits per heavy atom. The Labute approximate surface area is 168 Å². The molecule has 0 amide bonds. The van der Waals surface area contributed by atoms with Gasteiger partial charge in [0, 0.05) is 25.2 Å². The first-order valence-electron chi connectivity index (χ1n) is 7.48. The lowest BCUT2D eigenvalue weighted by molar-refractivity contribution is 0.405. The van der Waals surface area contributed by atoms with Gasteiger partial charge in [-0.3, -0.25) is 0 Å². The molecule has 0 aliphatic carbocycles. The van der Waals surface area contributed by atoms with Crippen LogP contribution in [0.2, 0.25) is 5.15 Å². The third kappa shape index (κ3) is 5.91. The number of anilines is 3. The summed E-state index contributed by atoms with van der Waals surface area (Å²) >= 11 is 11.8. The van der Waals surface area contributed by atoms with E-state index in [1.807, 2.05) is 0 Å². The second-order valence-electron chi connectivity index (χ2n) is 5.65. The van der Waals surface area contributed by atoms with Gasteiger partial charge >= 0.3 is 0 Å². The zero-order chi connectivity index (χ0) is 18.6. The predicted octanol–water partition coefficient (Wildman–Crippen LogP) is 2.48. The molecule has 0 aromatic carbocycles. The van der Waals surface area contributed by atoms with Crippen molar-refractivity contribution in [3.8, 4) is 0 Å². The van der Waals surface area contributed by atoms with Gasteiger partial charge < -0.3 is 21.7 Å². The number of aromatic nitrogens is 4. The molecule has 1 aliphatic heterocycles. The highest BCUT2D eigenvalue weighted by Gasteiger charge is 2.22. The topological polar surface area (TPSA) is 119 Å². The summed E-state index contributed by atoms with van der Waals surface area (Å²) in [4.78, 5) is 18.2. The van der Waals surface area contributed by atoms with Gasteiger partial charge in [0.05, 0.1) is 12.4 Å². The minimum absolute atomic E-state index is 0.302. The van der Waals surface area contributed by atoms with Crippen LogP contribution < -0.4 is 21.7 Å². The van der Waals surface area contributed by atoms with Gasteiger partial charge in [-0.25, -0.2) is 19.9 Å². The molecule has 0 bridgehead atoms. The molecule has 5 N–H and O–H groups in total. The zero-order valence-corrected chi connectivity index (χ0v) is 17.7. The molecule has 0 radical (unpaired) electrons. The van der Waals surface area contributed by atoms with Crippen LogP contribution in [0.25, 0.3) is 0 Å². The smallest absolute Gasteiger partial charge is 0.159 e. The molecule has 136 valence electrons. The van der Waals surface area contributed by atoms with E-state index < -0.39 is 0 Å². The van der Waals surface area contributed by atoms with Crippen LogP contribution in [-0.2, 0) is 0 Å². The number of nitrogens with two attached hydrogens (primary N) is 2. The normalized spacial score (nSPS) is 20.0. The third-order valence-electron chi connectivity index (χ3n) is 3.34. The van der Waals surface area contributed by atoms with E-state index in [1.54, 1.807) is 6.20 Å². The highest BCUT2D eigenvalue weighted by Crippen LogP contribution is 2.20. The fourth-order valence-corrected chi connectivity index (χ4v) is 2.93. The van der Waals surface area contributed by atoms with Crippen LogP contribution in [0.5, 0.6) is 0 Å². The Bertz CT molecular complexity index is 722. The van der Waals surface area contributed by atoms with E-state index in [4.69, 9.17) is 23.1 Å². The van der Waals surface area contributed by atoms with Gasteiger partial charge in [0.25, 0.3) is 0 Å². The standard InChI is InChI=1S/C10H16BrN5.C4H3BrClN3/c1-6-4-16(5-7(2)14-6)8-3-13-9(11)10(12)15-8;5-3-4(7)9-2(6)1-8-3/h3,6-7,14H,4-5H2,1-2H3,(H2,12,15);1H,(H2,7,9)/t6-,7+;. The minimum atomic E-state index is 0.302. The number of rotatable bonds is 1. The summed E-state index contributed by atoms with van der Waals surface area (Å²) < 4.78 is 1.12. The van der Waals surface area contributed by atoms with E-state index >= 15 is 0 Å². The molecule has 0 unspecified atom stereocenters. The minimum Gasteiger partial charge on any atom is -0.381 e. The van der Waals surface area contributed by atoms with E-state index in [0.29, 0.717) is 38.1 Å². The third-order valence-corrected chi connectivity index (χ3v) is 4.75. The number of halogens is 3. The molecule has 1 saturated heterocycles. The predicted molar refractivity (Wildman–Crippen MR) is 108 cm³/mol. The van der Waals surface area contributed by atoms with Crippen molar-refractivity contribution in [2.45, 2.75) is 25.9 Å².